The molecule has 0 fully saturated rings. The number of nitrogens with two attached hydrogens (primary N) is 1. The van der Waals surface area contributed by atoms with E-state index in [1.54, 1.807) is 19.5 Å². The van der Waals surface area contributed by atoms with Crippen molar-refractivity contribution in [3.05, 3.63) is 48.3 Å². The lowest BCUT2D eigenvalue weighted by Gasteiger charge is -2.10. The normalized spacial score (nSPS) is 9.94. The van der Waals surface area contributed by atoms with Crippen molar-refractivity contribution in [2.45, 2.75) is 6.54 Å². The van der Waals surface area contributed by atoms with Crippen LogP contribution in [0.4, 0.5) is 11.4 Å². The summed E-state index contributed by atoms with van der Waals surface area (Å²) in [4.78, 5) is 4.02. The van der Waals surface area contributed by atoms with Gasteiger partial charge >= 0.3 is 0 Å². The fourth-order valence-electron chi connectivity index (χ4n) is 1.60. The maximum atomic E-state index is 5.66. The highest BCUT2D eigenvalue weighted by molar-refractivity contribution is 5.52. The Morgan fingerprint density at radius 3 is 2.88 bits per heavy atom. The van der Waals surface area contributed by atoms with E-state index in [1.807, 2.05) is 30.3 Å². The van der Waals surface area contributed by atoms with Crippen LogP contribution in [0.2, 0.25) is 0 Å². The molecule has 4 nitrogen and oxygen atoms in total. The highest BCUT2D eigenvalue weighted by Crippen LogP contribution is 2.19. The van der Waals surface area contributed by atoms with E-state index in [0.717, 1.165) is 17.0 Å². The summed E-state index contributed by atoms with van der Waals surface area (Å²) in [6.07, 6.45) is 3.36. The Hall–Kier alpha value is -2.23. The number of nitrogens with one attached hydrogen (secondary N) is 1. The quantitative estimate of drug-likeness (QED) is 0.844. The first-order chi connectivity index (χ1) is 8.29. The molecule has 1 aromatic heterocycles. The third-order valence-corrected chi connectivity index (χ3v) is 2.43. The van der Waals surface area contributed by atoms with Crippen molar-refractivity contribution in [1.82, 2.24) is 4.98 Å². The van der Waals surface area contributed by atoms with E-state index in [9.17, 15) is 0 Å². The van der Waals surface area contributed by atoms with Crippen LogP contribution in [0.15, 0.2) is 42.7 Å². The first kappa shape index (κ1) is 11.3. The molecule has 1 heterocycles. The molecule has 0 atom stereocenters. The number of hydrogen-bond acceptors (Lipinski definition) is 4. The molecule has 0 amide bonds. The first-order valence-electron chi connectivity index (χ1n) is 5.36. The number of nitrogen functional groups attached to an aromatic ring is 1. The Labute approximate surface area is 100 Å². The fourth-order valence-corrected chi connectivity index (χ4v) is 1.60. The number of rotatable bonds is 4. The first-order valence-corrected chi connectivity index (χ1v) is 5.36. The Balaban J connectivity index is 2.07. The number of ether oxygens (including phenoxy) is 1. The van der Waals surface area contributed by atoms with Crippen LogP contribution in [-0.4, -0.2) is 12.1 Å². The average molecular weight is 229 g/mol. The monoisotopic (exact) mass is 229 g/mol. The zero-order chi connectivity index (χ0) is 12.1. The molecule has 1 aromatic carbocycles. The molecule has 17 heavy (non-hydrogen) atoms. The lowest BCUT2D eigenvalue weighted by molar-refractivity contribution is 0.410. The van der Waals surface area contributed by atoms with Crippen LogP contribution in [0.25, 0.3) is 0 Å². The second-order valence-corrected chi connectivity index (χ2v) is 3.67. The summed E-state index contributed by atoms with van der Waals surface area (Å²) in [5.74, 6) is 0.872. The predicted octanol–water partition coefficient (Wildman–Crippen LogP) is 2.28. The molecule has 0 aliphatic carbocycles. The Morgan fingerprint density at radius 1 is 1.29 bits per heavy atom. The zero-order valence-corrected chi connectivity index (χ0v) is 9.68. The molecule has 0 aliphatic rings. The van der Waals surface area contributed by atoms with Gasteiger partial charge in [-0.2, -0.15) is 0 Å². The van der Waals surface area contributed by atoms with Gasteiger partial charge in [-0.15, -0.1) is 0 Å². The minimum atomic E-state index is 0.648. The molecule has 88 valence electrons. The highest BCUT2D eigenvalue weighted by Gasteiger charge is 2.01. The number of hydrogen-bond donors (Lipinski definition) is 2. The van der Waals surface area contributed by atoms with Crippen molar-refractivity contribution in [1.29, 1.82) is 0 Å². The predicted molar refractivity (Wildman–Crippen MR) is 69.0 cm³/mol. The fraction of sp³-hybridized carbons (Fsp3) is 0.154. The molecular formula is C13H15N3O. The maximum absolute atomic E-state index is 5.66. The van der Waals surface area contributed by atoms with Crippen molar-refractivity contribution < 1.29 is 4.74 Å². The summed E-state index contributed by atoms with van der Waals surface area (Å²) in [6.45, 7) is 0.676. The molecule has 0 saturated heterocycles. The molecule has 0 unspecified atom stereocenters. The molecule has 0 spiro atoms. The molecule has 4 heteroatoms. The second-order valence-electron chi connectivity index (χ2n) is 3.67. The van der Waals surface area contributed by atoms with Gasteiger partial charge in [-0.25, -0.2) is 0 Å². The van der Waals surface area contributed by atoms with Crippen molar-refractivity contribution in [2.24, 2.45) is 0 Å². The van der Waals surface area contributed by atoms with E-state index in [-0.39, 0.29) is 0 Å². The highest BCUT2D eigenvalue weighted by atomic mass is 16.5. The molecule has 0 aliphatic heterocycles. The van der Waals surface area contributed by atoms with Gasteiger partial charge in [0.05, 0.1) is 24.7 Å². The zero-order valence-electron chi connectivity index (χ0n) is 9.68. The third-order valence-electron chi connectivity index (χ3n) is 2.43. The largest absolute Gasteiger partial charge is 0.496 e. The molecule has 0 saturated carbocycles. The SMILES string of the molecule is COc1ccccc1CNc1cncc(N)c1. The van der Waals surface area contributed by atoms with Gasteiger partial charge in [-0.05, 0) is 12.1 Å². The summed E-state index contributed by atoms with van der Waals surface area (Å²) in [6, 6.07) is 9.74. The van der Waals surface area contributed by atoms with Gasteiger partial charge in [0, 0.05) is 18.3 Å². The van der Waals surface area contributed by atoms with E-state index in [2.05, 4.69) is 10.3 Å². The Morgan fingerprint density at radius 2 is 2.12 bits per heavy atom. The van der Waals surface area contributed by atoms with Gasteiger partial charge in [0.2, 0.25) is 0 Å². The van der Waals surface area contributed by atoms with Gasteiger partial charge in [-0.3, -0.25) is 4.98 Å². The summed E-state index contributed by atoms with van der Waals surface area (Å²) in [5.41, 5.74) is 8.30. The van der Waals surface area contributed by atoms with Crippen LogP contribution < -0.4 is 15.8 Å². The second kappa shape index (κ2) is 5.21. The lowest BCUT2D eigenvalue weighted by atomic mass is 10.2. The minimum absolute atomic E-state index is 0.648. The third kappa shape index (κ3) is 2.87. The van der Waals surface area contributed by atoms with E-state index in [0.29, 0.717) is 12.2 Å². The molecule has 3 N–H and O–H groups in total. The topological polar surface area (TPSA) is 60.2 Å². The number of aromatic nitrogens is 1. The minimum Gasteiger partial charge on any atom is -0.496 e. The van der Waals surface area contributed by atoms with Crippen LogP contribution in [0, 0.1) is 0 Å². The van der Waals surface area contributed by atoms with Crippen LogP contribution in [-0.2, 0) is 6.54 Å². The molecule has 2 rings (SSSR count). The van der Waals surface area contributed by atoms with E-state index >= 15 is 0 Å². The van der Waals surface area contributed by atoms with Crippen LogP contribution >= 0.6 is 0 Å². The number of pyridine rings is 1. The average Bonchev–Trinajstić information content (AvgIpc) is 2.37. The smallest absolute Gasteiger partial charge is 0.123 e. The number of methoxy groups -OCH3 is 1. The molecule has 0 radical (unpaired) electrons. The van der Waals surface area contributed by atoms with Gasteiger partial charge in [0.25, 0.3) is 0 Å². The number of anilines is 2. The van der Waals surface area contributed by atoms with Gasteiger partial charge in [0.15, 0.2) is 0 Å². The van der Waals surface area contributed by atoms with Gasteiger partial charge in [0.1, 0.15) is 5.75 Å². The van der Waals surface area contributed by atoms with Gasteiger partial charge in [-0.1, -0.05) is 18.2 Å². The summed E-state index contributed by atoms with van der Waals surface area (Å²) < 4.78 is 5.28. The van der Waals surface area contributed by atoms with Crippen LogP contribution in [0.3, 0.4) is 0 Å². The van der Waals surface area contributed by atoms with Crippen molar-refractivity contribution in [3.8, 4) is 5.75 Å². The molecule has 2 aromatic rings. The van der Waals surface area contributed by atoms with E-state index in [4.69, 9.17) is 10.5 Å². The van der Waals surface area contributed by atoms with Crippen molar-refractivity contribution in [3.63, 3.8) is 0 Å². The molecule has 0 bridgehead atoms. The van der Waals surface area contributed by atoms with E-state index < -0.39 is 0 Å². The van der Waals surface area contributed by atoms with Crippen LogP contribution in [0.1, 0.15) is 5.56 Å². The summed E-state index contributed by atoms with van der Waals surface area (Å²) in [5, 5.41) is 3.25. The summed E-state index contributed by atoms with van der Waals surface area (Å²) in [7, 11) is 1.67. The number of benzene rings is 1. The Bertz CT molecular complexity index is 500. The van der Waals surface area contributed by atoms with Crippen molar-refractivity contribution >= 4 is 11.4 Å². The van der Waals surface area contributed by atoms with Crippen molar-refractivity contribution in [2.75, 3.05) is 18.2 Å². The van der Waals surface area contributed by atoms with E-state index in [1.165, 1.54) is 0 Å². The molecular weight excluding hydrogens is 214 g/mol. The Kier molecular flexibility index (Phi) is 3.45. The maximum Gasteiger partial charge on any atom is 0.123 e. The number of para-hydroxylation sites is 1. The summed E-state index contributed by atoms with van der Waals surface area (Å²) >= 11 is 0. The van der Waals surface area contributed by atoms with Gasteiger partial charge < -0.3 is 15.8 Å². The standard InChI is InChI=1S/C13H15N3O/c1-17-13-5-3-2-4-10(13)7-16-12-6-11(14)8-15-9-12/h2-6,8-9,16H,7,14H2,1H3. The lowest BCUT2D eigenvalue weighted by Crippen LogP contribution is -2.02. The van der Waals surface area contributed by atoms with Crippen LogP contribution in [0.5, 0.6) is 5.75 Å². The number of nitrogens with zero attached hydrogens (tertiary/aromatic N) is 1.